The molecule has 2 aliphatic heterocycles. The van der Waals surface area contributed by atoms with Crippen LogP contribution in [-0.2, 0) is 19.6 Å². The maximum Gasteiger partial charge on any atom is 0.243 e. The highest BCUT2D eigenvalue weighted by Crippen LogP contribution is 2.39. The molecule has 1 saturated carbocycles. The van der Waals surface area contributed by atoms with Gasteiger partial charge >= 0.3 is 0 Å². The minimum absolute atomic E-state index is 0.0932. The number of carbonyl (C=O) groups excluding carboxylic acids is 1. The molecule has 2 heterocycles. The van der Waals surface area contributed by atoms with Gasteiger partial charge in [0, 0.05) is 31.3 Å². The SMILES string of the molecule is Cc1cc(S(=O)(=O)N2CC(=O)N(CC3CC3)C3(CCOCC3)C2)ccc1Cl. The summed E-state index contributed by atoms with van der Waals surface area (Å²) >= 11 is 6.05. The molecular weight excluding hydrogens is 388 g/mol. The fraction of sp³-hybridized carbons (Fsp3) is 0.632. The number of piperazine rings is 1. The van der Waals surface area contributed by atoms with Crippen LogP contribution in [0.2, 0.25) is 5.02 Å². The lowest BCUT2D eigenvalue weighted by atomic mass is 9.85. The summed E-state index contributed by atoms with van der Waals surface area (Å²) < 4.78 is 33.4. The van der Waals surface area contributed by atoms with Crippen molar-refractivity contribution in [3.63, 3.8) is 0 Å². The van der Waals surface area contributed by atoms with E-state index in [2.05, 4.69) is 0 Å². The first-order valence-electron chi connectivity index (χ1n) is 9.46. The van der Waals surface area contributed by atoms with Gasteiger partial charge in [-0.15, -0.1) is 0 Å². The second-order valence-corrected chi connectivity index (χ2v) is 10.3. The molecule has 2 saturated heterocycles. The molecule has 0 N–H and O–H groups in total. The Bertz CT molecular complexity index is 847. The largest absolute Gasteiger partial charge is 0.381 e. The average Bonchev–Trinajstić information content (AvgIpc) is 3.45. The van der Waals surface area contributed by atoms with Gasteiger partial charge in [-0.3, -0.25) is 4.79 Å². The molecule has 1 amide bonds. The number of hydrogen-bond acceptors (Lipinski definition) is 4. The maximum absolute atomic E-state index is 13.2. The second kappa shape index (κ2) is 7.03. The van der Waals surface area contributed by atoms with E-state index in [0.717, 1.165) is 19.4 Å². The third kappa shape index (κ3) is 3.62. The van der Waals surface area contributed by atoms with Crippen molar-refractivity contribution in [2.45, 2.75) is 43.0 Å². The molecule has 148 valence electrons. The first kappa shape index (κ1) is 19.2. The lowest BCUT2D eigenvalue weighted by Crippen LogP contribution is -2.67. The lowest BCUT2D eigenvalue weighted by molar-refractivity contribution is -0.150. The Hall–Kier alpha value is -1.15. The average molecular weight is 413 g/mol. The third-order valence-electron chi connectivity index (χ3n) is 5.98. The molecule has 27 heavy (non-hydrogen) atoms. The molecule has 6 nitrogen and oxygen atoms in total. The molecule has 1 spiro atoms. The standard InChI is InChI=1S/C19H25ClN2O4S/c1-14-10-16(4-5-17(14)20)27(24,25)21-12-18(23)22(11-15-2-3-15)19(13-21)6-8-26-9-7-19/h4-5,10,15H,2-3,6-9,11-13H2,1H3. The molecule has 1 aromatic rings. The van der Waals surface area contributed by atoms with E-state index in [1.807, 2.05) is 4.90 Å². The first-order valence-corrected chi connectivity index (χ1v) is 11.3. The number of carbonyl (C=O) groups is 1. The second-order valence-electron chi connectivity index (χ2n) is 7.97. The molecular formula is C19H25ClN2O4S. The van der Waals surface area contributed by atoms with Crippen LogP contribution in [0.4, 0.5) is 0 Å². The van der Waals surface area contributed by atoms with Gasteiger partial charge in [0.1, 0.15) is 0 Å². The van der Waals surface area contributed by atoms with Crippen LogP contribution in [0.5, 0.6) is 0 Å². The molecule has 8 heteroatoms. The zero-order chi connectivity index (χ0) is 19.2. The normalized spacial score (nSPS) is 23.8. The van der Waals surface area contributed by atoms with Crippen LogP contribution in [0, 0.1) is 12.8 Å². The molecule has 3 fully saturated rings. The van der Waals surface area contributed by atoms with E-state index in [4.69, 9.17) is 16.3 Å². The number of halogens is 1. The van der Waals surface area contributed by atoms with Gasteiger partial charge in [0.25, 0.3) is 0 Å². The predicted molar refractivity (Wildman–Crippen MR) is 102 cm³/mol. The van der Waals surface area contributed by atoms with Crippen molar-refractivity contribution in [3.05, 3.63) is 28.8 Å². The highest BCUT2D eigenvalue weighted by atomic mass is 35.5. The van der Waals surface area contributed by atoms with Crippen LogP contribution < -0.4 is 0 Å². The summed E-state index contributed by atoms with van der Waals surface area (Å²) in [5.41, 5.74) is 0.252. The zero-order valence-electron chi connectivity index (χ0n) is 15.5. The van der Waals surface area contributed by atoms with Gasteiger partial charge < -0.3 is 9.64 Å². The molecule has 0 aromatic heterocycles. The fourth-order valence-corrected chi connectivity index (χ4v) is 5.77. The van der Waals surface area contributed by atoms with Crippen molar-refractivity contribution in [2.24, 2.45) is 5.92 Å². The summed E-state index contributed by atoms with van der Waals surface area (Å²) in [5.74, 6) is 0.472. The number of hydrogen-bond donors (Lipinski definition) is 0. The van der Waals surface area contributed by atoms with E-state index in [1.54, 1.807) is 19.1 Å². The molecule has 0 bridgehead atoms. The van der Waals surface area contributed by atoms with E-state index < -0.39 is 15.6 Å². The van der Waals surface area contributed by atoms with Gasteiger partial charge in [0.15, 0.2) is 0 Å². The van der Waals surface area contributed by atoms with Crippen LogP contribution >= 0.6 is 11.6 Å². The maximum atomic E-state index is 13.2. The molecule has 1 aromatic carbocycles. The Labute approximate surface area is 165 Å². The first-order chi connectivity index (χ1) is 12.8. The number of amides is 1. The molecule has 4 rings (SSSR count). The van der Waals surface area contributed by atoms with Gasteiger partial charge in [0.2, 0.25) is 15.9 Å². The van der Waals surface area contributed by atoms with Crippen molar-refractivity contribution in [1.82, 2.24) is 9.21 Å². The van der Waals surface area contributed by atoms with Crippen LogP contribution in [-0.4, -0.2) is 61.9 Å². The molecule has 0 radical (unpaired) electrons. The Morgan fingerprint density at radius 3 is 2.59 bits per heavy atom. The summed E-state index contributed by atoms with van der Waals surface area (Å²) in [4.78, 5) is 15.2. The van der Waals surface area contributed by atoms with E-state index in [9.17, 15) is 13.2 Å². The van der Waals surface area contributed by atoms with Gasteiger partial charge in [0.05, 0.1) is 17.0 Å². The number of nitrogens with zero attached hydrogens (tertiary/aromatic N) is 2. The van der Waals surface area contributed by atoms with E-state index >= 15 is 0 Å². The van der Waals surface area contributed by atoms with E-state index in [-0.39, 0.29) is 17.3 Å². The van der Waals surface area contributed by atoms with Crippen LogP contribution in [0.25, 0.3) is 0 Å². The van der Waals surface area contributed by atoms with E-state index in [1.165, 1.54) is 10.4 Å². The molecule has 0 atom stereocenters. The minimum atomic E-state index is -3.76. The lowest BCUT2D eigenvalue weighted by Gasteiger charge is -2.52. The zero-order valence-corrected chi connectivity index (χ0v) is 17.1. The number of ether oxygens (including phenoxy) is 1. The predicted octanol–water partition coefficient (Wildman–Crippen LogP) is 2.44. The van der Waals surface area contributed by atoms with Gasteiger partial charge in [-0.1, -0.05) is 11.6 Å². The molecule has 0 unspecified atom stereocenters. The smallest absolute Gasteiger partial charge is 0.243 e. The Morgan fingerprint density at radius 1 is 1.26 bits per heavy atom. The highest BCUT2D eigenvalue weighted by molar-refractivity contribution is 7.89. The summed E-state index contributed by atoms with van der Waals surface area (Å²) in [7, 11) is -3.76. The Balaban J connectivity index is 1.65. The molecule has 1 aliphatic carbocycles. The summed E-state index contributed by atoms with van der Waals surface area (Å²) in [6.45, 7) is 3.87. The quantitative estimate of drug-likeness (QED) is 0.761. The Kier molecular flexibility index (Phi) is 4.99. The van der Waals surface area contributed by atoms with Gasteiger partial charge in [-0.25, -0.2) is 8.42 Å². The highest BCUT2D eigenvalue weighted by Gasteiger charge is 2.50. The van der Waals surface area contributed by atoms with Crippen LogP contribution in [0.3, 0.4) is 0 Å². The van der Waals surface area contributed by atoms with Gasteiger partial charge in [-0.2, -0.15) is 4.31 Å². The Morgan fingerprint density at radius 2 is 1.96 bits per heavy atom. The number of rotatable bonds is 4. The fourth-order valence-electron chi connectivity index (χ4n) is 4.10. The van der Waals surface area contributed by atoms with Crippen LogP contribution in [0.1, 0.15) is 31.2 Å². The summed E-state index contributed by atoms with van der Waals surface area (Å²) in [5, 5.41) is 0.528. The minimum Gasteiger partial charge on any atom is -0.381 e. The monoisotopic (exact) mass is 412 g/mol. The van der Waals surface area contributed by atoms with Crippen molar-refractivity contribution >= 4 is 27.5 Å². The van der Waals surface area contributed by atoms with E-state index in [0.29, 0.717) is 49.1 Å². The number of benzene rings is 1. The number of aryl methyl sites for hydroxylation is 1. The third-order valence-corrected chi connectivity index (χ3v) is 8.20. The molecule has 3 aliphatic rings. The van der Waals surface area contributed by atoms with Crippen LogP contribution in [0.15, 0.2) is 23.1 Å². The summed E-state index contributed by atoms with van der Waals surface area (Å²) in [6.07, 6.45) is 3.67. The van der Waals surface area contributed by atoms with Crippen molar-refractivity contribution in [2.75, 3.05) is 32.8 Å². The number of sulfonamides is 1. The topological polar surface area (TPSA) is 66.9 Å². The van der Waals surface area contributed by atoms with Crippen molar-refractivity contribution < 1.29 is 17.9 Å². The summed E-state index contributed by atoms with van der Waals surface area (Å²) in [6, 6.07) is 4.69. The van der Waals surface area contributed by atoms with Crippen molar-refractivity contribution in [1.29, 1.82) is 0 Å². The van der Waals surface area contributed by atoms with Crippen molar-refractivity contribution in [3.8, 4) is 0 Å². The van der Waals surface area contributed by atoms with Gasteiger partial charge in [-0.05, 0) is 62.3 Å².